The normalized spacial score (nSPS) is 13.5. The number of rotatable bonds is 3. The smallest absolute Gasteiger partial charge is 0.231 e. The van der Waals surface area contributed by atoms with Gasteiger partial charge < -0.3 is 14.8 Å². The van der Waals surface area contributed by atoms with Crippen molar-refractivity contribution in [1.29, 1.82) is 0 Å². The van der Waals surface area contributed by atoms with Crippen LogP contribution < -0.4 is 14.8 Å². The van der Waals surface area contributed by atoms with Gasteiger partial charge in [-0.1, -0.05) is 30.3 Å². The van der Waals surface area contributed by atoms with Crippen molar-refractivity contribution >= 4 is 11.7 Å². The maximum absolute atomic E-state index is 12.6. The maximum Gasteiger partial charge on any atom is 0.231 e. The Kier molecular flexibility index (Phi) is 3.18. The highest BCUT2D eigenvalue weighted by atomic mass is 16.7. The van der Waals surface area contributed by atoms with Gasteiger partial charge in [0.25, 0.3) is 0 Å². The van der Waals surface area contributed by atoms with Crippen molar-refractivity contribution in [1.82, 2.24) is 9.97 Å². The van der Waals surface area contributed by atoms with Crippen molar-refractivity contribution in [3.05, 3.63) is 64.8 Å². The predicted octanol–water partition coefficient (Wildman–Crippen LogP) is 3.34. The zero-order valence-electron chi connectivity index (χ0n) is 14.1. The van der Waals surface area contributed by atoms with Crippen LogP contribution in [0.1, 0.15) is 27.2 Å². The molecule has 0 saturated carbocycles. The summed E-state index contributed by atoms with van der Waals surface area (Å²) in [6.07, 6.45) is 0. The molecular formula is C20H15N3O3. The first-order chi connectivity index (χ1) is 12.7. The lowest BCUT2D eigenvalue weighted by Crippen LogP contribution is -2.08. The summed E-state index contributed by atoms with van der Waals surface area (Å²) in [4.78, 5) is 21.6. The van der Waals surface area contributed by atoms with Crippen LogP contribution in [0, 0.1) is 6.92 Å². The number of hydrogen-bond donors (Lipinski definition) is 1. The molecule has 5 rings (SSSR count). The molecule has 0 radical (unpaired) electrons. The predicted molar refractivity (Wildman–Crippen MR) is 95.5 cm³/mol. The Labute approximate surface area is 149 Å². The van der Waals surface area contributed by atoms with Gasteiger partial charge in [-0.05, 0) is 24.6 Å². The van der Waals surface area contributed by atoms with Crippen LogP contribution in [0.3, 0.4) is 0 Å². The largest absolute Gasteiger partial charge is 0.454 e. The van der Waals surface area contributed by atoms with Crippen LogP contribution in [0.15, 0.2) is 42.5 Å². The van der Waals surface area contributed by atoms with Crippen LogP contribution in [-0.2, 0) is 6.54 Å². The van der Waals surface area contributed by atoms with Crippen LogP contribution in [0.25, 0.3) is 11.3 Å². The van der Waals surface area contributed by atoms with Crippen LogP contribution >= 0.6 is 0 Å². The third-order valence-corrected chi connectivity index (χ3v) is 4.63. The van der Waals surface area contributed by atoms with Crippen molar-refractivity contribution in [3.8, 4) is 22.8 Å². The Balaban J connectivity index is 1.45. The molecule has 128 valence electrons. The van der Waals surface area contributed by atoms with Crippen molar-refractivity contribution in [2.24, 2.45) is 0 Å². The summed E-state index contributed by atoms with van der Waals surface area (Å²) in [6.45, 7) is 2.65. The number of carbonyl (C=O) groups is 1. The molecule has 3 aromatic rings. The van der Waals surface area contributed by atoms with Crippen LogP contribution in [0.2, 0.25) is 0 Å². The van der Waals surface area contributed by atoms with Crippen LogP contribution in [-0.4, -0.2) is 22.5 Å². The fraction of sp³-hybridized carbons (Fsp3) is 0.150. The Morgan fingerprint density at radius 1 is 1.04 bits per heavy atom. The average molecular weight is 345 g/mol. The fourth-order valence-corrected chi connectivity index (χ4v) is 3.37. The molecule has 2 aromatic carbocycles. The summed E-state index contributed by atoms with van der Waals surface area (Å²) in [5, 5.41) is 3.24. The van der Waals surface area contributed by atoms with Gasteiger partial charge in [-0.15, -0.1) is 0 Å². The molecule has 6 nitrogen and oxygen atoms in total. The van der Waals surface area contributed by atoms with Gasteiger partial charge in [0.05, 0.1) is 17.0 Å². The zero-order chi connectivity index (χ0) is 17.7. The molecule has 6 heteroatoms. The topological polar surface area (TPSA) is 73.3 Å². The first-order valence-electron chi connectivity index (χ1n) is 8.36. The minimum Gasteiger partial charge on any atom is -0.454 e. The van der Waals surface area contributed by atoms with E-state index in [2.05, 4.69) is 15.3 Å². The summed E-state index contributed by atoms with van der Waals surface area (Å²) in [5.74, 6) is 2.00. The Bertz CT molecular complexity index is 1060. The number of anilines is 1. The number of nitrogens with one attached hydrogen (secondary N) is 1. The Hall–Kier alpha value is -3.41. The molecule has 1 aliphatic carbocycles. The highest BCUT2D eigenvalue weighted by molar-refractivity contribution is 6.21. The molecule has 1 aromatic heterocycles. The number of aryl methyl sites for hydroxylation is 1. The number of aromatic nitrogens is 2. The van der Waals surface area contributed by atoms with Crippen molar-refractivity contribution in [2.75, 3.05) is 12.1 Å². The number of benzene rings is 2. The van der Waals surface area contributed by atoms with E-state index in [-0.39, 0.29) is 12.6 Å². The number of fused-ring (bicyclic) bond motifs is 4. The molecule has 2 aliphatic rings. The Morgan fingerprint density at radius 2 is 1.85 bits per heavy atom. The number of ketones is 1. The van der Waals surface area contributed by atoms with Gasteiger partial charge in [-0.2, -0.15) is 0 Å². The maximum atomic E-state index is 12.6. The second-order valence-corrected chi connectivity index (χ2v) is 6.27. The van der Waals surface area contributed by atoms with E-state index in [1.807, 2.05) is 49.4 Å². The van der Waals surface area contributed by atoms with E-state index in [1.54, 1.807) is 0 Å². The van der Waals surface area contributed by atoms with E-state index < -0.39 is 0 Å². The van der Waals surface area contributed by atoms with Crippen molar-refractivity contribution < 1.29 is 14.3 Å². The van der Waals surface area contributed by atoms with Gasteiger partial charge in [0.2, 0.25) is 12.7 Å². The molecule has 0 fully saturated rings. The zero-order valence-corrected chi connectivity index (χ0v) is 14.1. The first kappa shape index (κ1) is 14.9. The number of nitrogens with zero attached hydrogens (tertiary/aromatic N) is 2. The van der Waals surface area contributed by atoms with E-state index in [1.165, 1.54) is 0 Å². The van der Waals surface area contributed by atoms with Gasteiger partial charge in [0.15, 0.2) is 17.3 Å². The molecule has 0 spiro atoms. The fourth-order valence-electron chi connectivity index (χ4n) is 3.37. The third kappa shape index (κ3) is 2.23. The number of ether oxygens (including phenoxy) is 2. The van der Waals surface area contributed by atoms with E-state index in [0.717, 1.165) is 22.6 Å². The highest BCUT2D eigenvalue weighted by Crippen LogP contribution is 2.37. The number of hydrogen-bond acceptors (Lipinski definition) is 6. The monoisotopic (exact) mass is 345 g/mol. The van der Waals surface area contributed by atoms with Gasteiger partial charge in [0, 0.05) is 17.7 Å². The molecule has 0 bridgehead atoms. The lowest BCUT2D eigenvalue weighted by atomic mass is 10.1. The van der Waals surface area contributed by atoms with Gasteiger partial charge >= 0.3 is 0 Å². The molecule has 0 unspecified atom stereocenters. The molecular weight excluding hydrogens is 330 g/mol. The lowest BCUT2D eigenvalue weighted by molar-refractivity contribution is 0.104. The quantitative estimate of drug-likeness (QED) is 0.614. The lowest BCUT2D eigenvalue weighted by Gasteiger charge is -2.09. The van der Waals surface area contributed by atoms with Crippen LogP contribution in [0.5, 0.6) is 11.5 Å². The third-order valence-electron chi connectivity index (χ3n) is 4.63. The minimum absolute atomic E-state index is 0.00424. The summed E-state index contributed by atoms with van der Waals surface area (Å²) in [7, 11) is 0. The molecule has 0 saturated heterocycles. The van der Waals surface area contributed by atoms with Gasteiger partial charge in [-0.3, -0.25) is 4.79 Å². The highest BCUT2D eigenvalue weighted by Gasteiger charge is 2.30. The van der Waals surface area contributed by atoms with Gasteiger partial charge in [0.1, 0.15) is 0 Å². The van der Waals surface area contributed by atoms with E-state index >= 15 is 0 Å². The van der Waals surface area contributed by atoms with Crippen molar-refractivity contribution in [2.45, 2.75) is 13.5 Å². The average Bonchev–Trinajstić information content (AvgIpc) is 3.23. The summed E-state index contributed by atoms with van der Waals surface area (Å²) < 4.78 is 10.7. The summed E-state index contributed by atoms with van der Waals surface area (Å²) in [6, 6.07) is 13.3. The summed E-state index contributed by atoms with van der Waals surface area (Å²) in [5.41, 5.74) is 4.57. The van der Waals surface area contributed by atoms with Gasteiger partial charge in [-0.25, -0.2) is 9.97 Å². The molecule has 1 aliphatic heterocycles. The first-order valence-corrected chi connectivity index (χ1v) is 8.36. The standard InChI is InChI=1S/C20H15N3O3/c1-11-17-18(13-4-2-3-5-14(13)19(17)24)23-20(22-11)21-9-12-6-7-15-16(8-12)26-10-25-15/h2-8H,9-10H2,1H3,(H,21,22,23). The van der Waals surface area contributed by atoms with E-state index in [9.17, 15) is 4.79 Å². The molecule has 26 heavy (non-hydrogen) atoms. The molecule has 0 atom stereocenters. The second-order valence-electron chi connectivity index (χ2n) is 6.27. The van der Waals surface area contributed by atoms with Crippen molar-refractivity contribution in [3.63, 3.8) is 0 Å². The second kappa shape index (κ2) is 5.56. The molecule has 1 N–H and O–H groups in total. The molecule has 0 amide bonds. The van der Waals surface area contributed by atoms with E-state index in [0.29, 0.717) is 35.0 Å². The number of carbonyl (C=O) groups excluding carboxylic acids is 1. The SMILES string of the molecule is Cc1nc(NCc2ccc3c(c2)OCO3)nc2c1C(=O)c1ccccc1-2. The Morgan fingerprint density at radius 3 is 2.73 bits per heavy atom. The minimum atomic E-state index is -0.00424. The van der Waals surface area contributed by atoms with E-state index in [4.69, 9.17) is 9.47 Å². The molecule has 2 heterocycles. The summed E-state index contributed by atoms with van der Waals surface area (Å²) >= 11 is 0. The van der Waals surface area contributed by atoms with Crippen LogP contribution in [0.4, 0.5) is 5.95 Å².